The summed E-state index contributed by atoms with van der Waals surface area (Å²) in [5.41, 5.74) is 4.68. The van der Waals surface area contributed by atoms with Crippen molar-refractivity contribution in [2.24, 2.45) is 11.8 Å². The molecule has 0 aliphatic heterocycles. The average Bonchev–Trinajstić information content (AvgIpc) is 2.90. The Balaban J connectivity index is 2.27. The fraction of sp³-hybridized carbons (Fsp3) is 0.600. The largest absolute Gasteiger partial charge is 0.324 e. The summed E-state index contributed by atoms with van der Waals surface area (Å²) in [5.74, 6) is 5.84. The Labute approximate surface area is 127 Å². The van der Waals surface area contributed by atoms with Gasteiger partial charge in [0.05, 0.1) is 4.90 Å². The number of benzene rings is 1. The molecule has 1 unspecified atom stereocenters. The molecular formula is C15H25N3O2S. The van der Waals surface area contributed by atoms with E-state index in [9.17, 15) is 8.42 Å². The maximum absolute atomic E-state index is 12.7. The van der Waals surface area contributed by atoms with Gasteiger partial charge in [-0.2, -0.15) is 0 Å². The van der Waals surface area contributed by atoms with Crippen LogP contribution in [0.2, 0.25) is 0 Å². The Bertz CT molecular complexity index is 584. The second-order valence-electron chi connectivity index (χ2n) is 6.04. The third-order valence-corrected chi connectivity index (χ3v) is 6.21. The lowest BCUT2D eigenvalue weighted by Crippen LogP contribution is -2.37. The van der Waals surface area contributed by atoms with E-state index in [-0.39, 0.29) is 6.04 Å². The predicted molar refractivity (Wildman–Crippen MR) is 85.5 cm³/mol. The Morgan fingerprint density at radius 3 is 2.19 bits per heavy atom. The number of nitrogens with two attached hydrogens (primary N) is 1. The van der Waals surface area contributed by atoms with E-state index in [0.717, 1.165) is 12.8 Å². The summed E-state index contributed by atoms with van der Waals surface area (Å²) in [6.07, 6.45) is 4.62. The molecule has 1 aliphatic rings. The molecule has 6 heteroatoms. The minimum atomic E-state index is -3.50. The van der Waals surface area contributed by atoms with Crippen molar-refractivity contribution < 1.29 is 8.42 Å². The summed E-state index contributed by atoms with van der Waals surface area (Å²) in [7, 11) is -3.50. The van der Waals surface area contributed by atoms with E-state index in [4.69, 9.17) is 5.84 Å². The van der Waals surface area contributed by atoms with Gasteiger partial charge in [-0.3, -0.25) is 5.84 Å². The van der Waals surface area contributed by atoms with Crippen molar-refractivity contribution in [3.05, 3.63) is 23.3 Å². The molecule has 0 bridgehead atoms. The van der Waals surface area contributed by atoms with Crippen molar-refractivity contribution in [3.8, 4) is 0 Å². The maximum Gasteiger partial charge on any atom is 0.241 e. The van der Waals surface area contributed by atoms with Crippen molar-refractivity contribution >= 4 is 15.7 Å². The molecule has 0 spiro atoms. The number of hydrogen-bond donors (Lipinski definition) is 3. The van der Waals surface area contributed by atoms with E-state index in [0.29, 0.717) is 27.6 Å². The Kier molecular flexibility index (Phi) is 4.91. The first kappa shape index (κ1) is 16.3. The van der Waals surface area contributed by atoms with Crippen LogP contribution in [0.25, 0.3) is 0 Å². The van der Waals surface area contributed by atoms with Gasteiger partial charge in [-0.05, 0) is 62.8 Å². The van der Waals surface area contributed by atoms with Gasteiger partial charge < -0.3 is 5.43 Å². The van der Waals surface area contributed by atoms with Crippen LogP contribution in [-0.4, -0.2) is 14.5 Å². The van der Waals surface area contributed by atoms with Crippen LogP contribution in [0.1, 0.15) is 43.7 Å². The molecule has 1 aromatic rings. The number of sulfonamides is 1. The van der Waals surface area contributed by atoms with E-state index in [1.807, 2.05) is 6.92 Å². The molecule has 21 heavy (non-hydrogen) atoms. The third kappa shape index (κ3) is 3.56. The molecule has 2 rings (SSSR count). The summed E-state index contributed by atoms with van der Waals surface area (Å²) in [6.45, 7) is 5.55. The Hall–Kier alpha value is -1.11. The molecule has 0 aromatic heterocycles. The van der Waals surface area contributed by atoms with Gasteiger partial charge in [0, 0.05) is 11.7 Å². The molecule has 1 saturated carbocycles. The van der Waals surface area contributed by atoms with Crippen molar-refractivity contribution in [2.75, 3.05) is 5.43 Å². The molecule has 0 saturated heterocycles. The van der Waals surface area contributed by atoms with Crippen LogP contribution in [-0.2, 0) is 10.0 Å². The first-order chi connectivity index (χ1) is 9.85. The topological polar surface area (TPSA) is 84.2 Å². The first-order valence-electron chi connectivity index (χ1n) is 7.45. The van der Waals surface area contributed by atoms with Crippen molar-refractivity contribution in [1.29, 1.82) is 0 Å². The molecule has 1 aliphatic carbocycles. The standard InChI is InChI=1S/C15H25N3O2S/c1-10-8-14(17-16)9-11(2)15(10)21(19,20)18-12(3)13-6-4-5-7-13/h8-9,12-13,17-18H,4-7,16H2,1-3H3. The smallest absolute Gasteiger partial charge is 0.241 e. The fourth-order valence-corrected chi connectivity index (χ4v) is 5.08. The number of hydrazine groups is 1. The van der Waals surface area contributed by atoms with Gasteiger partial charge in [-0.1, -0.05) is 12.8 Å². The zero-order valence-corrected chi connectivity index (χ0v) is 13.8. The Morgan fingerprint density at radius 1 is 1.19 bits per heavy atom. The summed E-state index contributed by atoms with van der Waals surface area (Å²) in [4.78, 5) is 0.367. The number of aryl methyl sites for hydroxylation is 2. The van der Waals surface area contributed by atoms with Crippen LogP contribution in [0.3, 0.4) is 0 Å². The summed E-state index contributed by atoms with van der Waals surface area (Å²) in [5, 5.41) is 0. The minimum absolute atomic E-state index is 0.0244. The average molecular weight is 311 g/mol. The normalized spacial score (nSPS) is 17.9. The second kappa shape index (κ2) is 6.34. The number of nitrogen functional groups attached to an aromatic ring is 1. The molecule has 0 radical (unpaired) electrons. The van der Waals surface area contributed by atoms with Crippen LogP contribution < -0.4 is 16.0 Å². The first-order valence-corrected chi connectivity index (χ1v) is 8.93. The van der Waals surface area contributed by atoms with Gasteiger partial charge in [0.15, 0.2) is 0 Å². The Morgan fingerprint density at radius 2 is 1.71 bits per heavy atom. The summed E-state index contributed by atoms with van der Waals surface area (Å²) in [6, 6.07) is 3.48. The molecule has 1 aromatic carbocycles. The van der Waals surface area contributed by atoms with E-state index >= 15 is 0 Å². The van der Waals surface area contributed by atoms with Gasteiger partial charge in [-0.15, -0.1) is 0 Å². The highest BCUT2D eigenvalue weighted by atomic mass is 32.2. The molecular weight excluding hydrogens is 286 g/mol. The number of anilines is 1. The van der Waals surface area contributed by atoms with Gasteiger partial charge in [0.2, 0.25) is 10.0 Å². The van der Waals surface area contributed by atoms with Crippen molar-refractivity contribution in [1.82, 2.24) is 4.72 Å². The molecule has 0 heterocycles. The van der Waals surface area contributed by atoms with E-state index in [1.54, 1.807) is 26.0 Å². The molecule has 1 fully saturated rings. The lowest BCUT2D eigenvalue weighted by atomic mass is 10.0. The number of hydrogen-bond acceptors (Lipinski definition) is 4. The minimum Gasteiger partial charge on any atom is -0.324 e. The highest BCUT2D eigenvalue weighted by Crippen LogP contribution is 2.29. The lowest BCUT2D eigenvalue weighted by Gasteiger charge is -2.22. The summed E-state index contributed by atoms with van der Waals surface area (Å²) < 4.78 is 28.2. The van der Waals surface area contributed by atoms with Gasteiger partial charge in [-0.25, -0.2) is 13.1 Å². The molecule has 5 nitrogen and oxygen atoms in total. The number of rotatable bonds is 5. The second-order valence-corrected chi connectivity index (χ2v) is 7.69. The van der Waals surface area contributed by atoms with Crippen molar-refractivity contribution in [2.45, 2.75) is 57.4 Å². The summed E-state index contributed by atoms with van der Waals surface area (Å²) >= 11 is 0. The van der Waals surface area contributed by atoms with Gasteiger partial charge >= 0.3 is 0 Å². The van der Waals surface area contributed by atoms with Crippen molar-refractivity contribution in [3.63, 3.8) is 0 Å². The van der Waals surface area contributed by atoms with Gasteiger partial charge in [0.1, 0.15) is 0 Å². The van der Waals surface area contributed by atoms with Crippen LogP contribution in [0, 0.1) is 19.8 Å². The lowest BCUT2D eigenvalue weighted by molar-refractivity contribution is 0.424. The van der Waals surface area contributed by atoms with Crippen LogP contribution >= 0.6 is 0 Å². The SMILES string of the molecule is Cc1cc(NN)cc(C)c1S(=O)(=O)NC(C)C1CCCC1. The molecule has 1 atom stereocenters. The molecule has 4 N–H and O–H groups in total. The van der Waals surface area contributed by atoms with E-state index in [2.05, 4.69) is 10.1 Å². The third-order valence-electron chi connectivity index (χ3n) is 4.34. The zero-order valence-electron chi connectivity index (χ0n) is 12.9. The molecule has 118 valence electrons. The predicted octanol–water partition coefficient (Wildman–Crippen LogP) is 2.45. The fourth-order valence-electron chi connectivity index (χ4n) is 3.31. The van der Waals surface area contributed by atoms with Gasteiger partial charge in [0.25, 0.3) is 0 Å². The van der Waals surface area contributed by atoms with Crippen LogP contribution in [0.5, 0.6) is 0 Å². The van der Waals surface area contributed by atoms with Crippen LogP contribution in [0.15, 0.2) is 17.0 Å². The van der Waals surface area contributed by atoms with Crippen LogP contribution in [0.4, 0.5) is 5.69 Å². The highest BCUT2D eigenvalue weighted by Gasteiger charge is 2.28. The number of nitrogens with one attached hydrogen (secondary N) is 2. The maximum atomic E-state index is 12.7. The highest BCUT2D eigenvalue weighted by molar-refractivity contribution is 7.89. The monoisotopic (exact) mass is 311 g/mol. The van der Waals surface area contributed by atoms with E-state index < -0.39 is 10.0 Å². The molecule has 0 amide bonds. The van der Waals surface area contributed by atoms with E-state index in [1.165, 1.54) is 12.8 Å². The quantitative estimate of drug-likeness (QED) is 0.576. The zero-order chi connectivity index (χ0) is 15.6.